The lowest BCUT2D eigenvalue weighted by Gasteiger charge is -2.36. The highest BCUT2D eigenvalue weighted by Crippen LogP contribution is 2.38. The summed E-state index contributed by atoms with van der Waals surface area (Å²) in [5.41, 5.74) is 1.31. The fourth-order valence-electron chi connectivity index (χ4n) is 3.50. The molecule has 0 aliphatic carbocycles. The van der Waals surface area contributed by atoms with Crippen molar-refractivity contribution >= 4 is 10.8 Å². The first kappa shape index (κ1) is 16.0. The normalized spacial score (nSPS) is 17.1. The Balaban J connectivity index is 2.11. The zero-order valence-electron chi connectivity index (χ0n) is 13.9. The van der Waals surface area contributed by atoms with Crippen LogP contribution in [0.5, 0.6) is 5.75 Å². The molecule has 0 unspecified atom stereocenters. The lowest BCUT2D eigenvalue weighted by atomic mass is 9.94. The lowest BCUT2D eigenvalue weighted by Crippen LogP contribution is -2.45. The van der Waals surface area contributed by atoms with Crippen LogP contribution in [0.15, 0.2) is 49.1 Å². The molecule has 0 saturated carbocycles. The van der Waals surface area contributed by atoms with Crippen LogP contribution >= 0.6 is 0 Å². The maximum absolute atomic E-state index is 5.99. The van der Waals surface area contributed by atoms with Crippen molar-refractivity contribution in [1.29, 1.82) is 0 Å². The van der Waals surface area contributed by atoms with Crippen molar-refractivity contribution in [2.24, 2.45) is 0 Å². The van der Waals surface area contributed by atoms with E-state index in [0.29, 0.717) is 12.6 Å². The number of ether oxygens (including phenoxy) is 1. The van der Waals surface area contributed by atoms with E-state index >= 15 is 0 Å². The van der Waals surface area contributed by atoms with Crippen LogP contribution in [0, 0.1) is 0 Å². The molecule has 3 nitrogen and oxygen atoms in total. The minimum atomic E-state index is 0.322. The summed E-state index contributed by atoms with van der Waals surface area (Å²) in [4.78, 5) is 2.56. The SMILES string of the molecule is C=CC[C@@H](c1c(OCC)ccc2ccccc12)N1CCNCC1. The van der Waals surface area contributed by atoms with Crippen molar-refractivity contribution in [1.82, 2.24) is 10.2 Å². The molecule has 122 valence electrons. The second-order valence-corrected chi connectivity index (χ2v) is 5.96. The maximum Gasteiger partial charge on any atom is 0.124 e. The Morgan fingerprint density at radius 1 is 1.22 bits per heavy atom. The van der Waals surface area contributed by atoms with Crippen LogP contribution in [0.25, 0.3) is 10.8 Å². The maximum atomic E-state index is 5.99. The van der Waals surface area contributed by atoms with Crippen LogP contribution in [-0.2, 0) is 0 Å². The summed E-state index contributed by atoms with van der Waals surface area (Å²) in [6.45, 7) is 10.9. The second kappa shape index (κ2) is 7.62. The molecule has 1 heterocycles. The van der Waals surface area contributed by atoms with Gasteiger partial charge in [-0.2, -0.15) is 0 Å². The van der Waals surface area contributed by atoms with E-state index < -0.39 is 0 Å². The van der Waals surface area contributed by atoms with Gasteiger partial charge in [-0.15, -0.1) is 6.58 Å². The Kier molecular flexibility index (Phi) is 5.31. The third kappa shape index (κ3) is 3.41. The summed E-state index contributed by atoms with van der Waals surface area (Å²) < 4.78 is 5.99. The Hall–Kier alpha value is -1.84. The number of nitrogens with one attached hydrogen (secondary N) is 1. The molecule has 2 aromatic carbocycles. The number of rotatable bonds is 6. The van der Waals surface area contributed by atoms with Gasteiger partial charge in [0.05, 0.1) is 6.61 Å². The lowest BCUT2D eigenvalue weighted by molar-refractivity contribution is 0.171. The average Bonchev–Trinajstić information content (AvgIpc) is 2.61. The minimum Gasteiger partial charge on any atom is -0.494 e. The third-order valence-electron chi connectivity index (χ3n) is 4.55. The van der Waals surface area contributed by atoms with E-state index in [1.54, 1.807) is 0 Å². The van der Waals surface area contributed by atoms with E-state index in [1.807, 2.05) is 13.0 Å². The Labute approximate surface area is 138 Å². The Bertz CT molecular complexity index is 662. The largest absolute Gasteiger partial charge is 0.494 e. The number of hydrogen-bond donors (Lipinski definition) is 1. The zero-order valence-corrected chi connectivity index (χ0v) is 13.9. The van der Waals surface area contributed by atoms with Crippen molar-refractivity contribution in [2.75, 3.05) is 32.8 Å². The fraction of sp³-hybridized carbons (Fsp3) is 0.400. The molecule has 1 atom stereocenters. The van der Waals surface area contributed by atoms with Crippen LogP contribution in [0.1, 0.15) is 24.9 Å². The summed E-state index contributed by atoms with van der Waals surface area (Å²) in [5.74, 6) is 1.01. The summed E-state index contributed by atoms with van der Waals surface area (Å²) in [6.07, 6.45) is 2.97. The van der Waals surface area contributed by atoms with Gasteiger partial charge < -0.3 is 10.1 Å². The molecule has 0 bridgehead atoms. The number of benzene rings is 2. The monoisotopic (exact) mass is 310 g/mol. The van der Waals surface area contributed by atoms with E-state index in [4.69, 9.17) is 4.74 Å². The number of fused-ring (bicyclic) bond motifs is 1. The summed E-state index contributed by atoms with van der Waals surface area (Å²) >= 11 is 0. The molecule has 1 aliphatic rings. The van der Waals surface area contributed by atoms with Crippen molar-refractivity contribution in [2.45, 2.75) is 19.4 Å². The molecular weight excluding hydrogens is 284 g/mol. The van der Waals surface area contributed by atoms with Crippen molar-refractivity contribution in [3.8, 4) is 5.75 Å². The molecule has 0 amide bonds. The van der Waals surface area contributed by atoms with Gasteiger partial charge in [0.2, 0.25) is 0 Å². The van der Waals surface area contributed by atoms with Gasteiger partial charge in [-0.05, 0) is 30.2 Å². The summed E-state index contributed by atoms with van der Waals surface area (Å²) in [5, 5.41) is 6.01. The smallest absolute Gasteiger partial charge is 0.124 e. The molecule has 0 aromatic heterocycles. The average molecular weight is 310 g/mol. The van der Waals surface area contributed by atoms with Gasteiger partial charge in [-0.25, -0.2) is 0 Å². The van der Waals surface area contributed by atoms with E-state index in [2.05, 4.69) is 53.2 Å². The molecule has 1 saturated heterocycles. The first-order valence-corrected chi connectivity index (χ1v) is 8.55. The van der Waals surface area contributed by atoms with Crippen LogP contribution < -0.4 is 10.1 Å². The van der Waals surface area contributed by atoms with Gasteiger partial charge in [-0.1, -0.05) is 36.4 Å². The highest BCUT2D eigenvalue weighted by Gasteiger charge is 2.25. The van der Waals surface area contributed by atoms with Gasteiger partial charge >= 0.3 is 0 Å². The number of hydrogen-bond acceptors (Lipinski definition) is 3. The predicted octanol–water partition coefficient (Wildman–Crippen LogP) is 3.76. The van der Waals surface area contributed by atoms with Crippen molar-refractivity contribution < 1.29 is 4.74 Å². The van der Waals surface area contributed by atoms with Gasteiger partial charge in [0.15, 0.2) is 0 Å². The highest BCUT2D eigenvalue weighted by molar-refractivity contribution is 5.88. The molecular formula is C20H26N2O. The van der Waals surface area contributed by atoms with Crippen LogP contribution in [0.4, 0.5) is 0 Å². The van der Waals surface area contributed by atoms with Gasteiger partial charge in [-0.3, -0.25) is 4.90 Å². The third-order valence-corrected chi connectivity index (χ3v) is 4.55. The van der Waals surface area contributed by atoms with Gasteiger partial charge in [0, 0.05) is 37.8 Å². The topological polar surface area (TPSA) is 24.5 Å². The predicted molar refractivity (Wildman–Crippen MR) is 97.1 cm³/mol. The van der Waals surface area contributed by atoms with Crippen LogP contribution in [-0.4, -0.2) is 37.7 Å². The number of nitrogens with zero attached hydrogens (tertiary/aromatic N) is 1. The number of piperazine rings is 1. The van der Waals surface area contributed by atoms with Crippen LogP contribution in [0.2, 0.25) is 0 Å². The first-order chi connectivity index (χ1) is 11.3. The molecule has 23 heavy (non-hydrogen) atoms. The Morgan fingerprint density at radius 3 is 2.74 bits per heavy atom. The molecule has 3 heteroatoms. The highest BCUT2D eigenvalue weighted by atomic mass is 16.5. The minimum absolute atomic E-state index is 0.322. The van der Waals surface area contributed by atoms with E-state index in [1.165, 1.54) is 16.3 Å². The molecule has 1 fully saturated rings. The molecule has 3 rings (SSSR count). The molecule has 0 spiro atoms. The summed E-state index contributed by atoms with van der Waals surface area (Å²) in [7, 11) is 0. The first-order valence-electron chi connectivity index (χ1n) is 8.55. The quantitative estimate of drug-likeness (QED) is 0.822. The van der Waals surface area contributed by atoms with E-state index in [-0.39, 0.29) is 0 Å². The van der Waals surface area contributed by atoms with Crippen molar-refractivity contribution in [3.05, 3.63) is 54.6 Å². The van der Waals surface area contributed by atoms with Crippen molar-refractivity contribution in [3.63, 3.8) is 0 Å². The van der Waals surface area contributed by atoms with Gasteiger partial charge in [0.25, 0.3) is 0 Å². The van der Waals surface area contributed by atoms with E-state index in [9.17, 15) is 0 Å². The second-order valence-electron chi connectivity index (χ2n) is 5.96. The van der Waals surface area contributed by atoms with Crippen LogP contribution in [0.3, 0.4) is 0 Å². The molecule has 1 N–H and O–H groups in total. The molecule has 2 aromatic rings. The molecule has 1 aliphatic heterocycles. The fourth-order valence-corrected chi connectivity index (χ4v) is 3.50. The Morgan fingerprint density at radius 2 is 2.00 bits per heavy atom. The molecule has 0 radical (unpaired) electrons. The standard InChI is InChI=1S/C20H26N2O/c1-3-7-18(22-14-12-21-13-15-22)20-17-9-6-5-8-16(17)10-11-19(20)23-4-2/h3,5-6,8-11,18,21H,1,4,7,12-15H2,2H3/t18-/m0/s1. The van der Waals surface area contributed by atoms with Gasteiger partial charge in [0.1, 0.15) is 5.75 Å². The summed E-state index contributed by atoms with van der Waals surface area (Å²) in [6, 6.07) is 13.2. The van der Waals surface area contributed by atoms with E-state index in [0.717, 1.165) is 38.3 Å². The zero-order chi connectivity index (χ0) is 16.1.